The molecule has 0 aliphatic heterocycles. The number of furan rings is 1. The number of nitrogens with zero attached hydrogens (tertiary/aromatic N) is 1. The van der Waals surface area contributed by atoms with Gasteiger partial charge in [0.2, 0.25) is 10.0 Å². The average molecular weight is 427 g/mol. The molecule has 20 heavy (non-hydrogen) atoms. The standard InChI is InChI=1S/C12H10Br2FNO3S/c1-16(7-9-3-5-12(14)19-9)20(17,18)11-4-2-8(13)6-10(11)15/h2-6H,7H2,1H3. The predicted octanol–water partition coefficient (Wildman–Crippen LogP) is 3.76. The molecular formula is C12H10Br2FNO3S. The minimum Gasteiger partial charge on any atom is -0.453 e. The van der Waals surface area contributed by atoms with Gasteiger partial charge in [0, 0.05) is 11.5 Å². The SMILES string of the molecule is CN(Cc1ccc(Br)o1)S(=O)(=O)c1ccc(Br)cc1F. The van der Waals surface area contributed by atoms with Crippen LogP contribution in [0, 0.1) is 5.82 Å². The van der Waals surface area contributed by atoms with E-state index in [4.69, 9.17) is 4.42 Å². The van der Waals surface area contributed by atoms with E-state index in [1.54, 1.807) is 12.1 Å². The molecule has 0 saturated carbocycles. The lowest BCUT2D eigenvalue weighted by atomic mass is 10.3. The molecule has 0 radical (unpaired) electrons. The number of hydrogen-bond donors (Lipinski definition) is 0. The molecule has 0 aliphatic rings. The largest absolute Gasteiger partial charge is 0.453 e. The minimum absolute atomic E-state index is 0.0173. The highest BCUT2D eigenvalue weighted by atomic mass is 79.9. The fourth-order valence-electron chi connectivity index (χ4n) is 1.59. The van der Waals surface area contributed by atoms with Crippen LogP contribution in [0.1, 0.15) is 5.76 Å². The summed E-state index contributed by atoms with van der Waals surface area (Å²) in [5.41, 5.74) is 0. The van der Waals surface area contributed by atoms with Gasteiger partial charge in [0.05, 0.1) is 6.54 Å². The smallest absolute Gasteiger partial charge is 0.246 e. The van der Waals surface area contributed by atoms with Gasteiger partial charge in [0.25, 0.3) is 0 Å². The van der Waals surface area contributed by atoms with Crippen LogP contribution in [0.25, 0.3) is 0 Å². The molecule has 1 heterocycles. The van der Waals surface area contributed by atoms with Gasteiger partial charge in [-0.25, -0.2) is 12.8 Å². The Labute approximate surface area is 132 Å². The normalized spacial score (nSPS) is 12.1. The van der Waals surface area contributed by atoms with Gasteiger partial charge in [-0.15, -0.1) is 0 Å². The van der Waals surface area contributed by atoms with Crippen LogP contribution in [0.3, 0.4) is 0 Å². The van der Waals surface area contributed by atoms with Gasteiger partial charge in [-0.05, 0) is 46.3 Å². The van der Waals surface area contributed by atoms with Crippen molar-refractivity contribution < 1.29 is 17.2 Å². The molecule has 2 rings (SSSR count). The van der Waals surface area contributed by atoms with Crippen molar-refractivity contribution in [3.05, 3.63) is 51.1 Å². The van der Waals surface area contributed by atoms with Crippen LogP contribution in [-0.4, -0.2) is 19.8 Å². The summed E-state index contributed by atoms with van der Waals surface area (Å²) < 4.78 is 45.6. The Hall–Kier alpha value is -0.700. The van der Waals surface area contributed by atoms with E-state index in [9.17, 15) is 12.8 Å². The second-order valence-electron chi connectivity index (χ2n) is 4.04. The fraction of sp³-hybridized carbons (Fsp3) is 0.167. The van der Waals surface area contributed by atoms with E-state index in [1.165, 1.54) is 19.2 Å². The third-order valence-electron chi connectivity index (χ3n) is 2.59. The summed E-state index contributed by atoms with van der Waals surface area (Å²) in [6.07, 6.45) is 0. The molecule has 1 aromatic heterocycles. The summed E-state index contributed by atoms with van der Waals surface area (Å²) >= 11 is 6.23. The summed E-state index contributed by atoms with van der Waals surface area (Å²) in [6.45, 7) is 0.0173. The first kappa shape index (κ1) is 15.7. The van der Waals surface area contributed by atoms with E-state index in [2.05, 4.69) is 31.9 Å². The van der Waals surface area contributed by atoms with Crippen molar-refractivity contribution in [3.63, 3.8) is 0 Å². The molecule has 108 valence electrons. The second-order valence-corrected chi connectivity index (χ2v) is 7.75. The molecule has 2 aromatic rings. The molecular weight excluding hydrogens is 417 g/mol. The van der Waals surface area contributed by atoms with E-state index >= 15 is 0 Å². The molecule has 0 unspecified atom stereocenters. The number of rotatable bonds is 4. The molecule has 0 spiro atoms. The Morgan fingerprint density at radius 3 is 2.50 bits per heavy atom. The Bertz CT molecular complexity index is 730. The van der Waals surface area contributed by atoms with Crippen molar-refractivity contribution in [3.8, 4) is 0 Å². The van der Waals surface area contributed by atoms with E-state index < -0.39 is 15.8 Å². The van der Waals surface area contributed by atoms with Crippen LogP contribution in [0.2, 0.25) is 0 Å². The minimum atomic E-state index is -3.91. The van der Waals surface area contributed by atoms with Crippen molar-refractivity contribution in [1.82, 2.24) is 4.31 Å². The van der Waals surface area contributed by atoms with Crippen molar-refractivity contribution >= 4 is 41.9 Å². The molecule has 4 nitrogen and oxygen atoms in total. The Balaban J connectivity index is 2.29. The number of benzene rings is 1. The maximum absolute atomic E-state index is 13.8. The van der Waals surface area contributed by atoms with Gasteiger partial charge in [0.15, 0.2) is 4.67 Å². The lowest BCUT2D eigenvalue weighted by molar-refractivity contribution is 0.396. The number of hydrogen-bond acceptors (Lipinski definition) is 3. The molecule has 0 amide bonds. The lowest BCUT2D eigenvalue weighted by Gasteiger charge is -2.16. The van der Waals surface area contributed by atoms with E-state index in [1.807, 2.05) is 0 Å². The molecule has 0 aliphatic carbocycles. The third-order valence-corrected chi connectivity index (χ3v) is 5.35. The summed E-state index contributed by atoms with van der Waals surface area (Å²) in [6, 6.07) is 7.13. The predicted molar refractivity (Wildman–Crippen MR) is 79.2 cm³/mol. The van der Waals surface area contributed by atoms with Gasteiger partial charge in [-0.1, -0.05) is 15.9 Å². The van der Waals surface area contributed by atoms with Crippen molar-refractivity contribution in [2.24, 2.45) is 0 Å². The van der Waals surface area contributed by atoms with E-state index in [0.717, 1.165) is 10.4 Å². The zero-order valence-electron chi connectivity index (χ0n) is 10.3. The summed E-state index contributed by atoms with van der Waals surface area (Å²) in [5, 5.41) is 0. The van der Waals surface area contributed by atoms with Crippen molar-refractivity contribution in [2.75, 3.05) is 7.05 Å². The van der Waals surface area contributed by atoms with Crippen molar-refractivity contribution in [2.45, 2.75) is 11.4 Å². The highest BCUT2D eigenvalue weighted by Crippen LogP contribution is 2.24. The summed E-state index contributed by atoms with van der Waals surface area (Å²) in [7, 11) is -2.54. The van der Waals surface area contributed by atoms with E-state index in [0.29, 0.717) is 14.9 Å². The average Bonchev–Trinajstić information content (AvgIpc) is 2.74. The molecule has 0 fully saturated rings. The van der Waals surface area contributed by atoms with Crippen LogP contribution in [0.5, 0.6) is 0 Å². The number of sulfonamides is 1. The Morgan fingerprint density at radius 2 is 1.95 bits per heavy atom. The molecule has 1 aromatic carbocycles. The maximum atomic E-state index is 13.8. The van der Waals surface area contributed by atoms with Crippen LogP contribution in [-0.2, 0) is 16.6 Å². The zero-order chi connectivity index (χ0) is 14.9. The monoisotopic (exact) mass is 425 g/mol. The van der Waals surface area contributed by atoms with Crippen LogP contribution in [0.15, 0.2) is 48.8 Å². The Morgan fingerprint density at radius 1 is 1.25 bits per heavy atom. The van der Waals surface area contributed by atoms with Crippen LogP contribution >= 0.6 is 31.9 Å². The molecule has 0 N–H and O–H groups in total. The summed E-state index contributed by atoms with van der Waals surface area (Å²) in [4.78, 5) is -0.367. The molecule has 0 saturated heterocycles. The van der Waals surface area contributed by atoms with Crippen LogP contribution in [0.4, 0.5) is 4.39 Å². The van der Waals surface area contributed by atoms with Gasteiger partial charge in [-0.3, -0.25) is 0 Å². The molecule has 8 heteroatoms. The zero-order valence-corrected chi connectivity index (χ0v) is 14.3. The van der Waals surface area contributed by atoms with Gasteiger partial charge in [-0.2, -0.15) is 4.31 Å². The second kappa shape index (κ2) is 5.97. The van der Waals surface area contributed by atoms with Gasteiger partial charge >= 0.3 is 0 Å². The highest BCUT2D eigenvalue weighted by Gasteiger charge is 2.25. The highest BCUT2D eigenvalue weighted by molar-refractivity contribution is 9.10. The Kier molecular flexibility index (Phi) is 4.68. The topological polar surface area (TPSA) is 50.5 Å². The quantitative estimate of drug-likeness (QED) is 0.747. The van der Waals surface area contributed by atoms with Crippen LogP contribution < -0.4 is 0 Å². The third kappa shape index (κ3) is 3.30. The number of halogens is 3. The molecule has 0 bridgehead atoms. The van der Waals surface area contributed by atoms with Gasteiger partial charge in [0.1, 0.15) is 16.5 Å². The summed E-state index contributed by atoms with van der Waals surface area (Å²) in [5.74, 6) is -0.340. The first-order valence-corrected chi connectivity index (χ1v) is 8.49. The maximum Gasteiger partial charge on any atom is 0.246 e. The fourth-order valence-corrected chi connectivity index (χ4v) is 3.45. The van der Waals surface area contributed by atoms with Crippen molar-refractivity contribution in [1.29, 1.82) is 0 Å². The molecule has 0 atom stereocenters. The first-order valence-electron chi connectivity index (χ1n) is 5.46. The van der Waals surface area contributed by atoms with E-state index in [-0.39, 0.29) is 11.4 Å². The lowest BCUT2D eigenvalue weighted by Crippen LogP contribution is -2.27. The first-order chi connectivity index (χ1) is 9.30. The van der Waals surface area contributed by atoms with Gasteiger partial charge < -0.3 is 4.42 Å².